The van der Waals surface area contributed by atoms with Crippen molar-refractivity contribution in [3.63, 3.8) is 0 Å². The minimum Gasteiger partial charge on any atom is -0.444 e. The van der Waals surface area contributed by atoms with Gasteiger partial charge in [-0.2, -0.15) is 0 Å². The summed E-state index contributed by atoms with van der Waals surface area (Å²) in [5.74, 6) is 0.586. The lowest BCUT2D eigenvalue weighted by atomic mass is 10.1. The zero-order valence-electron chi connectivity index (χ0n) is 15.5. The van der Waals surface area contributed by atoms with E-state index in [0.717, 1.165) is 27.4 Å². The molecule has 1 N–H and O–H groups in total. The summed E-state index contributed by atoms with van der Waals surface area (Å²) in [4.78, 5) is 19.8. The van der Waals surface area contributed by atoms with E-state index >= 15 is 0 Å². The Kier molecular flexibility index (Phi) is 5.54. The van der Waals surface area contributed by atoms with Crippen LogP contribution in [0.25, 0.3) is 10.8 Å². The van der Waals surface area contributed by atoms with Crippen molar-refractivity contribution in [1.29, 1.82) is 0 Å². The van der Waals surface area contributed by atoms with E-state index in [1.807, 2.05) is 43.3 Å². The standard InChI is InChI=1S/C20H23N3O2S/c1-13-8-14(2)19(15(3)9-13)22-18(24)11-23(4)10-16-12-25-20(21-16)17-6-5-7-26-17/h5-9,12H,10-11H2,1-4H3,(H,22,24). The van der Waals surface area contributed by atoms with Gasteiger partial charge in [-0.15, -0.1) is 11.3 Å². The topological polar surface area (TPSA) is 58.4 Å². The first-order valence-corrected chi connectivity index (χ1v) is 9.35. The summed E-state index contributed by atoms with van der Waals surface area (Å²) in [6.07, 6.45) is 1.65. The van der Waals surface area contributed by atoms with Crippen LogP contribution in [0.4, 0.5) is 5.69 Å². The molecule has 3 aromatic rings. The van der Waals surface area contributed by atoms with Gasteiger partial charge >= 0.3 is 0 Å². The molecule has 2 aromatic heterocycles. The number of aryl methyl sites for hydroxylation is 3. The van der Waals surface area contributed by atoms with Crippen molar-refractivity contribution < 1.29 is 9.21 Å². The maximum Gasteiger partial charge on any atom is 0.238 e. The van der Waals surface area contributed by atoms with Crippen molar-refractivity contribution in [2.24, 2.45) is 0 Å². The first-order chi connectivity index (χ1) is 12.4. The number of nitrogens with one attached hydrogen (secondary N) is 1. The molecule has 0 fully saturated rings. The molecule has 0 atom stereocenters. The van der Waals surface area contributed by atoms with Crippen LogP contribution in [0.1, 0.15) is 22.4 Å². The lowest BCUT2D eigenvalue weighted by Gasteiger charge is -2.17. The monoisotopic (exact) mass is 369 g/mol. The molecule has 2 heterocycles. The molecule has 1 amide bonds. The predicted octanol–water partition coefficient (Wildman–Crippen LogP) is 4.40. The van der Waals surface area contributed by atoms with Crippen LogP contribution >= 0.6 is 11.3 Å². The summed E-state index contributed by atoms with van der Waals surface area (Å²) >= 11 is 1.59. The van der Waals surface area contributed by atoms with Gasteiger partial charge in [-0.1, -0.05) is 23.8 Å². The fourth-order valence-electron chi connectivity index (χ4n) is 3.03. The van der Waals surface area contributed by atoms with Gasteiger partial charge in [0.15, 0.2) is 0 Å². The molecular weight excluding hydrogens is 346 g/mol. The molecule has 136 valence electrons. The highest BCUT2D eigenvalue weighted by atomic mass is 32.1. The first kappa shape index (κ1) is 18.4. The van der Waals surface area contributed by atoms with Crippen molar-refractivity contribution in [2.75, 3.05) is 18.9 Å². The Morgan fingerprint density at radius 1 is 1.27 bits per heavy atom. The van der Waals surface area contributed by atoms with Crippen LogP contribution in [0.2, 0.25) is 0 Å². The van der Waals surface area contributed by atoms with Crippen LogP contribution < -0.4 is 5.32 Å². The fourth-order valence-corrected chi connectivity index (χ4v) is 3.68. The maximum atomic E-state index is 12.4. The van der Waals surface area contributed by atoms with Crippen LogP contribution in [0.15, 0.2) is 40.3 Å². The largest absolute Gasteiger partial charge is 0.444 e. The number of hydrogen-bond donors (Lipinski definition) is 1. The number of benzene rings is 1. The van der Waals surface area contributed by atoms with Crippen molar-refractivity contribution in [2.45, 2.75) is 27.3 Å². The second kappa shape index (κ2) is 7.85. The number of thiophene rings is 1. The number of oxazole rings is 1. The third kappa shape index (κ3) is 4.39. The van der Waals surface area contributed by atoms with Gasteiger partial charge in [0.05, 0.1) is 17.1 Å². The van der Waals surface area contributed by atoms with E-state index in [2.05, 4.69) is 29.4 Å². The average molecular weight is 369 g/mol. The van der Waals surface area contributed by atoms with Gasteiger partial charge in [-0.3, -0.25) is 9.69 Å². The summed E-state index contributed by atoms with van der Waals surface area (Å²) in [6.45, 7) is 6.92. The number of aromatic nitrogens is 1. The maximum absolute atomic E-state index is 12.4. The molecule has 3 rings (SSSR count). The summed E-state index contributed by atoms with van der Waals surface area (Å²) in [5.41, 5.74) is 5.07. The molecule has 0 bridgehead atoms. The fraction of sp³-hybridized carbons (Fsp3) is 0.300. The van der Waals surface area contributed by atoms with Crippen LogP contribution in [-0.2, 0) is 11.3 Å². The van der Waals surface area contributed by atoms with E-state index in [4.69, 9.17) is 4.42 Å². The zero-order valence-corrected chi connectivity index (χ0v) is 16.3. The number of carbonyl (C=O) groups excluding carboxylic acids is 1. The highest BCUT2D eigenvalue weighted by Gasteiger charge is 2.13. The molecule has 0 saturated carbocycles. The Hall–Kier alpha value is -2.44. The Labute approximate surface area is 157 Å². The molecule has 0 aliphatic carbocycles. The van der Waals surface area contributed by atoms with E-state index in [1.54, 1.807) is 17.6 Å². The normalized spacial score (nSPS) is 11.1. The highest BCUT2D eigenvalue weighted by molar-refractivity contribution is 7.13. The summed E-state index contributed by atoms with van der Waals surface area (Å²) in [6, 6.07) is 8.10. The number of amides is 1. The summed E-state index contributed by atoms with van der Waals surface area (Å²) in [7, 11) is 1.90. The second-order valence-electron chi connectivity index (χ2n) is 6.62. The Balaban J connectivity index is 1.58. The van der Waals surface area contributed by atoms with Crippen LogP contribution in [-0.4, -0.2) is 29.4 Å². The molecule has 0 radical (unpaired) electrons. The van der Waals surface area contributed by atoms with Gasteiger partial charge in [-0.25, -0.2) is 4.98 Å². The SMILES string of the molecule is Cc1cc(C)c(NC(=O)CN(C)Cc2coc(-c3cccs3)n2)c(C)c1. The van der Waals surface area contributed by atoms with Crippen molar-refractivity contribution in [1.82, 2.24) is 9.88 Å². The van der Waals surface area contributed by atoms with Gasteiger partial charge < -0.3 is 9.73 Å². The van der Waals surface area contributed by atoms with Gasteiger partial charge in [0.2, 0.25) is 11.8 Å². The van der Waals surface area contributed by atoms with Gasteiger partial charge in [0.1, 0.15) is 6.26 Å². The number of carbonyl (C=O) groups is 1. The second-order valence-corrected chi connectivity index (χ2v) is 7.56. The number of likely N-dealkylation sites (N-methyl/N-ethyl adjacent to an activating group) is 1. The van der Waals surface area contributed by atoms with E-state index < -0.39 is 0 Å². The molecule has 0 aliphatic heterocycles. The van der Waals surface area contributed by atoms with E-state index in [0.29, 0.717) is 12.4 Å². The summed E-state index contributed by atoms with van der Waals surface area (Å²) in [5, 5.41) is 5.02. The minimum absolute atomic E-state index is 0.0375. The number of nitrogens with zero attached hydrogens (tertiary/aromatic N) is 2. The van der Waals surface area contributed by atoms with Crippen LogP contribution in [0, 0.1) is 20.8 Å². The smallest absolute Gasteiger partial charge is 0.238 e. The van der Waals surface area contributed by atoms with Gasteiger partial charge in [0.25, 0.3) is 0 Å². The Morgan fingerprint density at radius 3 is 2.65 bits per heavy atom. The molecule has 0 aliphatic rings. The third-order valence-corrected chi connectivity index (χ3v) is 4.93. The van der Waals surface area contributed by atoms with E-state index in [-0.39, 0.29) is 12.5 Å². The highest BCUT2D eigenvalue weighted by Crippen LogP contribution is 2.24. The summed E-state index contributed by atoms with van der Waals surface area (Å²) < 4.78 is 5.53. The van der Waals surface area contributed by atoms with Gasteiger partial charge in [-0.05, 0) is 50.4 Å². The van der Waals surface area contributed by atoms with Crippen molar-refractivity contribution >= 4 is 22.9 Å². The molecule has 6 heteroatoms. The lowest BCUT2D eigenvalue weighted by Crippen LogP contribution is -2.30. The molecular formula is C20H23N3O2S. The molecule has 5 nitrogen and oxygen atoms in total. The number of rotatable bonds is 6. The minimum atomic E-state index is -0.0375. The Morgan fingerprint density at radius 2 is 2.00 bits per heavy atom. The van der Waals surface area contributed by atoms with E-state index in [9.17, 15) is 4.79 Å². The lowest BCUT2D eigenvalue weighted by molar-refractivity contribution is -0.117. The van der Waals surface area contributed by atoms with E-state index in [1.165, 1.54) is 5.56 Å². The molecule has 0 spiro atoms. The van der Waals surface area contributed by atoms with Gasteiger partial charge in [0, 0.05) is 12.2 Å². The Bertz CT molecular complexity index is 877. The van der Waals surface area contributed by atoms with Crippen LogP contribution in [0.5, 0.6) is 0 Å². The number of hydrogen-bond acceptors (Lipinski definition) is 5. The van der Waals surface area contributed by atoms with Crippen molar-refractivity contribution in [3.05, 3.63) is 58.3 Å². The number of anilines is 1. The molecule has 0 unspecified atom stereocenters. The zero-order chi connectivity index (χ0) is 18.7. The molecule has 0 saturated heterocycles. The predicted molar refractivity (Wildman–Crippen MR) is 105 cm³/mol. The first-order valence-electron chi connectivity index (χ1n) is 8.47. The molecule has 1 aromatic carbocycles. The average Bonchev–Trinajstić information content (AvgIpc) is 3.21. The van der Waals surface area contributed by atoms with Crippen LogP contribution in [0.3, 0.4) is 0 Å². The third-order valence-electron chi connectivity index (χ3n) is 4.07. The van der Waals surface area contributed by atoms with Crippen molar-refractivity contribution in [3.8, 4) is 10.8 Å². The quantitative estimate of drug-likeness (QED) is 0.700. The molecule has 26 heavy (non-hydrogen) atoms.